The van der Waals surface area contributed by atoms with E-state index in [-0.39, 0.29) is 5.91 Å². The molecule has 0 saturated carbocycles. The van der Waals surface area contributed by atoms with Crippen LogP contribution in [0.1, 0.15) is 16.8 Å². The summed E-state index contributed by atoms with van der Waals surface area (Å²) in [6, 6.07) is 7.68. The first-order valence-electron chi connectivity index (χ1n) is 5.87. The zero-order valence-corrected chi connectivity index (χ0v) is 12.1. The standard InChI is InChI=1S/C13H17IN2O/c1-16-6-5-10(9-16)8-15-13(17)11-3-2-4-12(14)7-11/h2-4,7,10H,5-6,8-9H2,1H3,(H,15,17)/t10-/m1/s1. The van der Waals surface area contributed by atoms with Gasteiger partial charge in [0.2, 0.25) is 0 Å². The Morgan fingerprint density at radius 3 is 3.06 bits per heavy atom. The lowest BCUT2D eigenvalue weighted by Crippen LogP contribution is -2.30. The van der Waals surface area contributed by atoms with E-state index in [0.717, 1.165) is 28.8 Å². The smallest absolute Gasteiger partial charge is 0.251 e. The average Bonchev–Trinajstić information content (AvgIpc) is 2.72. The van der Waals surface area contributed by atoms with Gasteiger partial charge in [-0.3, -0.25) is 4.79 Å². The Balaban J connectivity index is 1.85. The lowest BCUT2D eigenvalue weighted by Gasteiger charge is -2.11. The number of hydrogen-bond donors (Lipinski definition) is 1. The van der Waals surface area contributed by atoms with Crippen molar-refractivity contribution in [3.05, 3.63) is 33.4 Å². The number of nitrogens with one attached hydrogen (secondary N) is 1. The molecule has 1 aromatic rings. The summed E-state index contributed by atoms with van der Waals surface area (Å²) < 4.78 is 1.09. The van der Waals surface area contributed by atoms with Crippen molar-refractivity contribution in [1.82, 2.24) is 10.2 Å². The third-order valence-corrected chi connectivity index (χ3v) is 3.80. The zero-order chi connectivity index (χ0) is 12.3. The summed E-state index contributed by atoms with van der Waals surface area (Å²) in [6.07, 6.45) is 1.18. The van der Waals surface area contributed by atoms with Gasteiger partial charge >= 0.3 is 0 Å². The van der Waals surface area contributed by atoms with Crippen LogP contribution < -0.4 is 5.32 Å². The van der Waals surface area contributed by atoms with Crippen LogP contribution in [0.2, 0.25) is 0 Å². The van der Waals surface area contributed by atoms with Gasteiger partial charge in [-0.1, -0.05) is 6.07 Å². The lowest BCUT2D eigenvalue weighted by atomic mass is 10.1. The molecule has 3 nitrogen and oxygen atoms in total. The molecule has 1 heterocycles. The molecule has 2 rings (SSSR count). The molecule has 0 aromatic heterocycles. The van der Waals surface area contributed by atoms with Gasteiger partial charge in [-0.05, 0) is 66.7 Å². The van der Waals surface area contributed by atoms with E-state index in [1.54, 1.807) is 0 Å². The predicted octanol–water partition coefficient (Wildman–Crippen LogP) is 1.97. The summed E-state index contributed by atoms with van der Waals surface area (Å²) in [5.74, 6) is 0.643. The van der Waals surface area contributed by atoms with Crippen molar-refractivity contribution < 1.29 is 4.79 Å². The SMILES string of the molecule is CN1CC[C@H](CNC(=O)c2cccc(I)c2)C1. The highest BCUT2D eigenvalue weighted by molar-refractivity contribution is 14.1. The average molecular weight is 344 g/mol. The van der Waals surface area contributed by atoms with Gasteiger partial charge in [0.15, 0.2) is 0 Å². The Kier molecular flexibility index (Phi) is 4.39. The van der Waals surface area contributed by atoms with Crippen LogP contribution in [0.5, 0.6) is 0 Å². The predicted molar refractivity (Wildman–Crippen MR) is 77.1 cm³/mol. The molecule has 1 N–H and O–H groups in total. The van der Waals surface area contributed by atoms with Gasteiger partial charge in [-0.25, -0.2) is 0 Å². The molecule has 1 fully saturated rings. The van der Waals surface area contributed by atoms with Crippen LogP contribution in [0, 0.1) is 9.49 Å². The van der Waals surface area contributed by atoms with E-state index in [4.69, 9.17) is 0 Å². The van der Waals surface area contributed by atoms with Crippen LogP contribution in [-0.4, -0.2) is 37.5 Å². The number of hydrogen-bond acceptors (Lipinski definition) is 2. The van der Waals surface area contributed by atoms with E-state index in [2.05, 4.69) is 39.9 Å². The van der Waals surface area contributed by atoms with Gasteiger partial charge in [0.1, 0.15) is 0 Å². The highest BCUT2D eigenvalue weighted by Gasteiger charge is 2.19. The van der Waals surface area contributed by atoms with Crippen molar-refractivity contribution in [2.75, 3.05) is 26.7 Å². The van der Waals surface area contributed by atoms with Crippen LogP contribution in [0.4, 0.5) is 0 Å². The van der Waals surface area contributed by atoms with Crippen molar-refractivity contribution in [1.29, 1.82) is 0 Å². The molecule has 0 aliphatic carbocycles. The fraction of sp³-hybridized carbons (Fsp3) is 0.462. The first-order valence-corrected chi connectivity index (χ1v) is 6.95. The van der Waals surface area contributed by atoms with Crippen LogP contribution in [-0.2, 0) is 0 Å². The molecule has 1 aromatic carbocycles. The molecule has 4 heteroatoms. The van der Waals surface area contributed by atoms with E-state index in [1.807, 2.05) is 24.3 Å². The van der Waals surface area contributed by atoms with Gasteiger partial charge in [0.25, 0.3) is 5.91 Å². The Bertz CT molecular complexity index is 408. The highest BCUT2D eigenvalue weighted by Crippen LogP contribution is 2.13. The number of likely N-dealkylation sites (tertiary alicyclic amines) is 1. The number of carbonyl (C=O) groups is 1. The molecular weight excluding hydrogens is 327 g/mol. The molecule has 1 atom stereocenters. The summed E-state index contributed by atoms with van der Waals surface area (Å²) in [5, 5.41) is 3.02. The molecule has 1 saturated heterocycles. The van der Waals surface area contributed by atoms with Crippen LogP contribution in [0.3, 0.4) is 0 Å². The fourth-order valence-electron chi connectivity index (χ4n) is 2.16. The Morgan fingerprint density at radius 2 is 2.41 bits per heavy atom. The summed E-state index contributed by atoms with van der Waals surface area (Å²) in [6.45, 7) is 3.02. The van der Waals surface area contributed by atoms with Crippen molar-refractivity contribution in [2.24, 2.45) is 5.92 Å². The highest BCUT2D eigenvalue weighted by atomic mass is 127. The number of carbonyl (C=O) groups excluding carboxylic acids is 1. The van der Waals surface area contributed by atoms with Gasteiger partial charge in [-0.15, -0.1) is 0 Å². The molecular formula is C13H17IN2O. The maximum Gasteiger partial charge on any atom is 0.251 e. The van der Waals surface area contributed by atoms with E-state index in [0.29, 0.717) is 5.92 Å². The number of benzene rings is 1. The van der Waals surface area contributed by atoms with E-state index >= 15 is 0 Å². The molecule has 17 heavy (non-hydrogen) atoms. The first-order chi connectivity index (χ1) is 8.15. The molecule has 0 unspecified atom stereocenters. The Labute approximate surface area is 116 Å². The summed E-state index contributed by atoms with van der Waals surface area (Å²) in [4.78, 5) is 14.2. The second kappa shape index (κ2) is 5.82. The summed E-state index contributed by atoms with van der Waals surface area (Å²) >= 11 is 2.22. The normalized spacial score (nSPS) is 20.5. The number of halogens is 1. The van der Waals surface area contributed by atoms with Gasteiger partial charge in [-0.2, -0.15) is 0 Å². The maximum absolute atomic E-state index is 11.9. The quantitative estimate of drug-likeness (QED) is 0.851. The minimum atomic E-state index is 0.0399. The molecule has 1 aliphatic heterocycles. The van der Waals surface area contributed by atoms with Crippen molar-refractivity contribution in [2.45, 2.75) is 6.42 Å². The third-order valence-electron chi connectivity index (χ3n) is 3.13. The van der Waals surface area contributed by atoms with Crippen LogP contribution >= 0.6 is 22.6 Å². The summed E-state index contributed by atoms with van der Waals surface area (Å²) in [7, 11) is 2.13. The third kappa shape index (κ3) is 3.67. The van der Waals surface area contributed by atoms with Crippen LogP contribution in [0.15, 0.2) is 24.3 Å². The lowest BCUT2D eigenvalue weighted by molar-refractivity contribution is 0.0947. The minimum absolute atomic E-state index is 0.0399. The molecule has 1 amide bonds. The van der Waals surface area contributed by atoms with E-state index in [1.165, 1.54) is 6.42 Å². The van der Waals surface area contributed by atoms with Crippen molar-refractivity contribution >= 4 is 28.5 Å². The van der Waals surface area contributed by atoms with Gasteiger partial charge in [0.05, 0.1) is 0 Å². The zero-order valence-electron chi connectivity index (χ0n) is 9.95. The van der Waals surface area contributed by atoms with Gasteiger partial charge in [0, 0.05) is 22.2 Å². The van der Waals surface area contributed by atoms with Crippen molar-refractivity contribution in [3.63, 3.8) is 0 Å². The van der Waals surface area contributed by atoms with E-state index < -0.39 is 0 Å². The largest absolute Gasteiger partial charge is 0.352 e. The van der Waals surface area contributed by atoms with Crippen LogP contribution in [0.25, 0.3) is 0 Å². The van der Waals surface area contributed by atoms with Crippen molar-refractivity contribution in [3.8, 4) is 0 Å². The fourth-order valence-corrected chi connectivity index (χ4v) is 2.70. The van der Waals surface area contributed by atoms with Gasteiger partial charge < -0.3 is 10.2 Å². The monoisotopic (exact) mass is 344 g/mol. The van der Waals surface area contributed by atoms with E-state index in [9.17, 15) is 4.79 Å². The minimum Gasteiger partial charge on any atom is -0.352 e. The molecule has 92 valence electrons. The second-order valence-electron chi connectivity index (χ2n) is 4.64. The Morgan fingerprint density at radius 1 is 1.59 bits per heavy atom. The molecule has 0 bridgehead atoms. The molecule has 1 aliphatic rings. The first kappa shape index (κ1) is 12.8. The maximum atomic E-state index is 11.9. The number of amides is 1. The number of nitrogens with zero attached hydrogens (tertiary/aromatic N) is 1. The Hall–Kier alpha value is -0.620. The topological polar surface area (TPSA) is 32.3 Å². The second-order valence-corrected chi connectivity index (χ2v) is 5.88. The number of rotatable bonds is 3. The molecule has 0 spiro atoms. The summed E-state index contributed by atoms with van der Waals surface area (Å²) in [5.41, 5.74) is 0.753. The molecule has 0 radical (unpaired) electrons.